The Kier molecular flexibility index (Phi) is 5.45. The number of benzene rings is 2. The molecule has 0 saturated heterocycles. The molecule has 1 heterocycles. The fourth-order valence-corrected chi connectivity index (χ4v) is 2.60. The molecule has 0 aliphatic rings. The number of halogens is 7. The van der Waals surface area contributed by atoms with Crippen molar-refractivity contribution in [1.82, 2.24) is 9.97 Å². The van der Waals surface area contributed by atoms with Crippen LogP contribution in [0, 0.1) is 5.82 Å². The molecule has 1 N–H and O–H groups in total. The average molecular weight is 415 g/mol. The summed E-state index contributed by atoms with van der Waals surface area (Å²) in [4.78, 5) is 7.84. The minimum atomic E-state index is -4.86. The molecule has 0 atom stereocenters. The van der Waals surface area contributed by atoms with E-state index in [1.54, 1.807) is 0 Å². The van der Waals surface area contributed by atoms with E-state index in [9.17, 15) is 30.7 Å². The summed E-state index contributed by atoms with van der Waals surface area (Å²) in [5.74, 6) is -1.29. The lowest BCUT2D eigenvalue weighted by atomic mass is 10.1. The van der Waals surface area contributed by atoms with Gasteiger partial charge in [-0.05, 0) is 29.8 Å². The van der Waals surface area contributed by atoms with Gasteiger partial charge in [0.05, 0.1) is 16.8 Å². The summed E-state index contributed by atoms with van der Waals surface area (Å²) < 4.78 is 90.3. The van der Waals surface area contributed by atoms with Crippen LogP contribution in [0.25, 0.3) is 0 Å². The Labute approximate surface area is 160 Å². The number of anilines is 2. The Morgan fingerprint density at radius 3 is 2.28 bits per heavy atom. The van der Waals surface area contributed by atoms with Crippen LogP contribution in [0.15, 0.2) is 54.9 Å². The van der Waals surface area contributed by atoms with Gasteiger partial charge in [0.2, 0.25) is 0 Å². The molecule has 0 aliphatic carbocycles. The van der Waals surface area contributed by atoms with Gasteiger partial charge in [-0.3, -0.25) is 0 Å². The van der Waals surface area contributed by atoms with Crippen LogP contribution in [0.5, 0.6) is 0 Å². The van der Waals surface area contributed by atoms with E-state index in [-0.39, 0.29) is 17.9 Å². The molecule has 152 valence electrons. The SMILES string of the molecule is Fc1ccc(Nc2cc(Cc3cccc(C(F)(F)F)c3)ncn2)cc1C(F)(F)F. The van der Waals surface area contributed by atoms with Crippen LogP contribution in [-0.2, 0) is 18.8 Å². The maximum atomic E-state index is 13.4. The van der Waals surface area contributed by atoms with Gasteiger partial charge in [-0.25, -0.2) is 14.4 Å². The second-order valence-electron chi connectivity index (χ2n) is 6.09. The fraction of sp³-hybridized carbons (Fsp3) is 0.158. The van der Waals surface area contributed by atoms with E-state index in [0.29, 0.717) is 23.4 Å². The third-order valence-electron chi connectivity index (χ3n) is 3.91. The van der Waals surface area contributed by atoms with Crippen LogP contribution in [0.4, 0.5) is 42.2 Å². The quantitative estimate of drug-likeness (QED) is 0.532. The van der Waals surface area contributed by atoms with Crippen LogP contribution in [0.1, 0.15) is 22.4 Å². The second-order valence-corrected chi connectivity index (χ2v) is 6.09. The Bertz CT molecular complexity index is 1010. The van der Waals surface area contributed by atoms with Crippen LogP contribution in [0.2, 0.25) is 0 Å². The number of hydrogen-bond donors (Lipinski definition) is 1. The highest BCUT2D eigenvalue weighted by atomic mass is 19.4. The first kappa shape index (κ1) is 20.6. The van der Waals surface area contributed by atoms with Crippen molar-refractivity contribution in [2.24, 2.45) is 0 Å². The molecular formula is C19H12F7N3. The van der Waals surface area contributed by atoms with Crippen molar-refractivity contribution in [2.75, 3.05) is 5.32 Å². The zero-order valence-electron chi connectivity index (χ0n) is 14.4. The summed E-state index contributed by atoms with van der Waals surface area (Å²) in [5, 5.41) is 2.61. The highest BCUT2D eigenvalue weighted by molar-refractivity contribution is 5.57. The minimum absolute atomic E-state index is 0.0533. The molecule has 0 radical (unpaired) electrons. The molecule has 0 amide bonds. The predicted molar refractivity (Wildman–Crippen MR) is 91.0 cm³/mol. The van der Waals surface area contributed by atoms with E-state index in [2.05, 4.69) is 15.3 Å². The van der Waals surface area contributed by atoms with Crippen molar-refractivity contribution in [3.8, 4) is 0 Å². The number of aromatic nitrogens is 2. The fourth-order valence-electron chi connectivity index (χ4n) is 2.60. The molecule has 0 unspecified atom stereocenters. The minimum Gasteiger partial charge on any atom is -0.340 e. The first-order valence-corrected chi connectivity index (χ1v) is 8.13. The standard InChI is InChI=1S/C19H12F7N3/c20-16-5-4-13(8-15(16)19(24,25)26)29-17-9-14(27-10-28-17)7-11-2-1-3-12(6-11)18(21,22)23/h1-6,8-10H,7H2,(H,27,28,29). The van der Waals surface area contributed by atoms with Gasteiger partial charge in [0.15, 0.2) is 0 Å². The molecule has 29 heavy (non-hydrogen) atoms. The van der Waals surface area contributed by atoms with Crippen LogP contribution in [-0.4, -0.2) is 9.97 Å². The lowest BCUT2D eigenvalue weighted by molar-refractivity contribution is -0.140. The van der Waals surface area contributed by atoms with Gasteiger partial charge in [0.1, 0.15) is 18.0 Å². The van der Waals surface area contributed by atoms with Gasteiger partial charge in [-0.1, -0.05) is 18.2 Å². The van der Waals surface area contributed by atoms with Crippen molar-refractivity contribution in [1.29, 1.82) is 0 Å². The monoisotopic (exact) mass is 415 g/mol. The summed E-state index contributed by atoms with van der Waals surface area (Å²) in [6.07, 6.45) is -8.16. The average Bonchev–Trinajstić information content (AvgIpc) is 2.62. The van der Waals surface area contributed by atoms with E-state index < -0.39 is 29.3 Å². The summed E-state index contributed by atoms with van der Waals surface area (Å²) in [6, 6.07) is 8.49. The molecule has 0 saturated carbocycles. The summed E-state index contributed by atoms with van der Waals surface area (Å²) >= 11 is 0. The summed E-state index contributed by atoms with van der Waals surface area (Å²) in [7, 11) is 0. The third-order valence-corrected chi connectivity index (χ3v) is 3.91. The Morgan fingerprint density at radius 1 is 0.828 bits per heavy atom. The first-order valence-electron chi connectivity index (χ1n) is 8.13. The number of alkyl halides is 6. The summed E-state index contributed by atoms with van der Waals surface area (Å²) in [5.41, 5.74) is -1.58. The molecule has 3 rings (SSSR count). The molecule has 0 spiro atoms. The van der Waals surface area contributed by atoms with Crippen molar-refractivity contribution in [3.63, 3.8) is 0 Å². The highest BCUT2D eigenvalue weighted by Gasteiger charge is 2.34. The van der Waals surface area contributed by atoms with E-state index >= 15 is 0 Å². The van der Waals surface area contributed by atoms with E-state index in [1.807, 2.05) is 0 Å². The molecule has 2 aromatic carbocycles. The largest absolute Gasteiger partial charge is 0.419 e. The van der Waals surface area contributed by atoms with E-state index in [4.69, 9.17) is 0 Å². The van der Waals surface area contributed by atoms with Crippen LogP contribution in [0.3, 0.4) is 0 Å². The molecule has 0 fully saturated rings. The van der Waals surface area contributed by atoms with Crippen molar-refractivity contribution in [3.05, 3.63) is 83.1 Å². The maximum absolute atomic E-state index is 13.4. The molecule has 0 bridgehead atoms. The predicted octanol–water partition coefficient (Wildman–Crippen LogP) is 5.99. The van der Waals surface area contributed by atoms with Crippen molar-refractivity contribution >= 4 is 11.5 Å². The number of hydrogen-bond acceptors (Lipinski definition) is 3. The van der Waals surface area contributed by atoms with Crippen molar-refractivity contribution in [2.45, 2.75) is 18.8 Å². The molecule has 0 aliphatic heterocycles. The smallest absolute Gasteiger partial charge is 0.340 e. The zero-order chi connectivity index (χ0) is 21.2. The van der Waals surface area contributed by atoms with E-state index in [0.717, 1.165) is 24.5 Å². The Hall–Kier alpha value is -3.17. The second kappa shape index (κ2) is 7.69. The van der Waals surface area contributed by atoms with Gasteiger partial charge in [-0.2, -0.15) is 26.3 Å². The van der Waals surface area contributed by atoms with Gasteiger partial charge in [-0.15, -0.1) is 0 Å². The van der Waals surface area contributed by atoms with Crippen LogP contribution < -0.4 is 5.32 Å². The normalized spacial score (nSPS) is 12.1. The lowest BCUT2D eigenvalue weighted by Gasteiger charge is -2.12. The number of rotatable bonds is 4. The molecular weight excluding hydrogens is 403 g/mol. The first-order chi connectivity index (χ1) is 13.5. The van der Waals surface area contributed by atoms with Gasteiger partial charge < -0.3 is 5.32 Å². The van der Waals surface area contributed by atoms with Gasteiger partial charge in [0.25, 0.3) is 0 Å². The van der Waals surface area contributed by atoms with E-state index in [1.165, 1.54) is 18.2 Å². The summed E-state index contributed by atoms with van der Waals surface area (Å²) in [6.45, 7) is 0. The molecule has 10 heteroatoms. The zero-order valence-corrected chi connectivity index (χ0v) is 14.4. The van der Waals surface area contributed by atoms with Crippen molar-refractivity contribution < 1.29 is 30.7 Å². The number of nitrogens with one attached hydrogen (secondary N) is 1. The van der Waals surface area contributed by atoms with Gasteiger partial charge >= 0.3 is 12.4 Å². The highest BCUT2D eigenvalue weighted by Crippen LogP contribution is 2.33. The maximum Gasteiger partial charge on any atom is 0.419 e. The molecule has 3 aromatic rings. The Balaban J connectivity index is 1.81. The number of nitrogens with zero attached hydrogens (tertiary/aromatic N) is 2. The third kappa shape index (κ3) is 5.21. The topological polar surface area (TPSA) is 37.8 Å². The Morgan fingerprint density at radius 2 is 1.59 bits per heavy atom. The molecule has 3 nitrogen and oxygen atoms in total. The molecule has 1 aromatic heterocycles. The van der Waals surface area contributed by atoms with Crippen LogP contribution >= 0.6 is 0 Å². The lowest BCUT2D eigenvalue weighted by Crippen LogP contribution is -2.09. The van der Waals surface area contributed by atoms with Gasteiger partial charge in [0, 0.05) is 18.2 Å².